The minimum absolute atomic E-state index is 0.0648. The van der Waals surface area contributed by atoms with Gasteiger partial charge in [-0.15, -0.1) is 0 Å². The average molecular weight is 281 g/mol. The second kappa shape index (κ2) is 7.16. The van der Waals surface area contributed by atoms with Crippen LogP contribution in [0, 0.1) is 23.5 Å². The van der Waals surface area contributed by atoms with E-state index in [0.29, 0.717) is 11.5 Å². The lowest BCUT2D eigenvalue weighted by Crippen LogP contribution is -2.32. The van der Waals surface area contributed by atoms with E-state index in [1.807, 2.05) is 6.92 Å². The molecule has 0 bridgehead atoms. The molecule has 1 aliphatic rings. The van der Waals surface area contributed by atoms with Crippen molar-refractivity contribution in [3.8, 4) is 0 Å². The summed E-state index contributed by atoms with van der Waals surface area (Å²) in [6.07, 6.45) is 5.87. The van der Waals surface area contributed by atoms with E-state index in [-0.39, 0.29) is 6.04 Å². The van der Waals surface area contributed by atoms with Gasteiger partial charge < -0.3 is 5.32 Å². The molecule has 3 heteroatoms. The summed E-state index contributed by atoms with van der Waals surface area (Å²) < 4.78 is 27.6. The summed E-state index contributed by atoms with van der Waals surface area (Å²) in [6.45, 7) is 5.01. The molecule has 0 heterocycles. The number of rotatable bonds is 5. The molecule has 1 aromatic carbocycles. The van der Waals surface area contributed by atoms with Gasteiger partial charge >= 0.3 is 0 Å². The van der Waals surface area contributed by atoms with Gasteiger partial charge in [0, 0.05) is 11.6 Å². The molecule has 0 radical (unpaired) electrons. The Bertz CT molecular complexity index is 433. The average Bonchev–Trinajstić information content (AvgIpc) is 2.48. The van der Waals surface area contributed by atoms with Crippen molar-refractivity contribution in [2.45, 2.75) is 52.0 Å². The van der Waals surface area contributed by atoms with E-state index in [4.69, 9.17) is 0 Å². The van der Waals surface area contributed by atoms with Crippen LogP contribution in [0.3, 0.4) is 0 Å². The fourth-order valence-corrected chi connectivity index (χ4v) is 3.52. The Labute approximate surface area is 120 Å². The maximum Gasteiger partial charge on any atom is 0.163 e. The first-order valence-corrected chi connectivity index (χ1v) is 7.84. The highest BCUT2D eigenvalue weighted by molar-refractivity contribution is 5.23. The summed E-state index contributed by atoms with van der Waals surface area (Å²) in [5.41, 5.74) is 0.494. The summed E-state index contributed by atoms with van der Waals surface area (Å²) in [6, 6.07) is 4.46. The minimum atomic E-state index is -0.742. The maximum atomic E-state index is 14.1. The van der Waals surface area contributed by atoms with E-state index in [9.17, 15) is 8.78 Å². The van der Waals surface area contributed by atoms with Gasteiger partial charge in [0.25, 0.3) is 0 Å². The third-order valence-electron chi connectivity index (χ3n) is 4.61. The van der Waals surface area contributed by atoms with Crippen molar-refractivity contribution >= 4 is 0 Å². The van der Waals surface area contributed by atoms with Crippen LogP contribution in [0.5, 0.6) is 0 Å². The highest BCUT2D eigenvalue weighted by atomic mass is 19.2. The van der Waals surface area contributed by atoms with Crippen LogP contribution < -0.4 is 5.32 Å². The summed E-state index contributed by atoms with van der Waals surface area (Å²) in [4.78, 5) is 0. The zero-order valence-corrected chi connectivity index (χ0v) is 12.5. The van der Waals surface area contributed by atoms with Crippen LogP contribution >= 0.6 is 0 Å². The third kappa shape index (κ3) is 3.38. The van der Waals surface area contributed by atoms with Gasteiger partial charge in [0.2, 0.25) is 0 Å². The molecule has 1 nitrogen and oxygen atoms in total. The number of hydrogen-bond acceptors (Lipinski definition) is 1. The van der Waals surface area contributed by atoms with Gasteiger partial charge in [0.1, 0.15) is 0 Å². The van der Waals surface area contributed by atoms with Crippen LogP contribution in [0.2, 0.25) is 0 Å². The summed E-state index contributed by atoms with van der Waals surface area (Å²) in [5, 5.41) is 3.37. The lowest BCUT2D eigenvalue weighted by atomic mass is 9.75. The normalized spacial score (nSPS) is 24.6. The Morgan fingerprint density at radius 2 is 2.05 bits per heavy atom. The molecule has 112 valence electrons. The van der Waals surface area contributed by atoms with E-state index < -0.39 is 11.6 Å². The largest absolute Gasteiger partial charge is 0.310 e. The molecule has 1 aliphatic carbocycles. The first-order valence-electron chi connectivity index (χ1n) is 7.84. The molecular formula is C17H25F2N. The molecule has 1 aromatic rings. The fraction of sp³-hybridized carbons (Fsp3) is 0.647. The Hall–Kier alpha value is -0.960. The molecule has 3 unspecified atom stereocenters. The molecule has 0 saturated heterocycles. The first kappa shape index (κ1) is 15.4. The van der Waals surface area contributed by atoms with Crippen molar-refractivity contribution in [3.05, 3.63) is 35.4 Å². The monoisotopic (exact) mass is 281 g/mol. The topological polar surface area (TPSA) is 12.0 Å². The smallest absolute Gasteiger partial charge is 0.163 e. The summed E-state index contributed by atoms with van der Waals surface area (Å²) >= 11 is 0. The number of halogens is 2. The minimum Gasteiger partial charge on any atom is -0.310 e. The second-order valence-electron chi connectivity index (χ2n) is 5.88. The van der Waals surface area contributed by atoms with Crippen LogP contribution in [-0.2, 0) is 0 Å². The lowest BCUT2D eigenvalue weighted by Gasteiger charge is -2.35. The molecule has 20 heavy (non-hydrogen) atoms. The van der Waals surface area contributed by atoms with Gasteiger partial charge in [-0.3, -0.25) is 0 Å². The number of hydrogen-bond donors (Lipinski definition) is 1. The highest BCUT2D eigenvalue weighted by Crippen LogP contribution is 2.39. The van der Waals surface area contributed by atoms with Crippen molar-refractivity contribution in [2.75, 3.05) is 6.54 Å². The molecule has 0 aliphatic heterocycles. The molecule has 0 spiro atoms. The Balaban J connectivity index is 2.23. The van der Waals surface area contributed by atoms with Crippen molar-refractivity contribution in [1.82, 2.24) is 5.32 Å². The third-order valence-corrected chi connectivity index (χ3v) is 4.61. The highest BCUT2D eigenvalue weighted by Gasteiger charge is 2.30. The summed E-state index contributed by atoms with van der Waals surface area (Å²) in [7, 11) is 0. The summed E-state index contributed by atoms with van der Waals surface area (Å²) in [5.74, 6) is -0.290. The van der Waals surface area contributed by atoms with Crippen LogP contribution in [0.15, 0.2) is 18.2 Å². The predicted octanol–water partition coefficient (Wildman–Crippen LogP) is 4.83. The molecule has 1 N–H and O–H groups in total. The van der Waals surface area contributed by atoms with Gasteiger partial charge in [-0.2, -0.15) is 0 Å². The fourth-order valence-electron chi connectivity index (χ4n) is 3.52. The molecular weight excluding hydrogens is 256 g/mol. The van der Waals surface area contributed by atoms with Crippen molar-refractivity contribution in [2.24, 2.45) is 11.8 Å². The van der Waals surface area contributed by atoms with Gasteiger partial charge in [0.05, 0.1) is 0 Å². The molecule has 0 aromatic heterocycles. The van der Waals surface area contributed by atoms with Crippen LogP contribution in [0.1, 0.15) is 57.6 Å². The van der Waals surface area contributed by atoms with E-state index in [1.165, 1.54) is 25.3 Å². The van der Waals surface area contributed by atoms with E-state index in [0.717, 1.165) is 25.3 Å². The Morgan fingerprint density at radius 3 is 2.75 bits per heavy atom. The first-order chi connectivity index (χ1) is 9.67. The second-order valence-corrected chi connectivity index (χ2v) is 5.88. The van der Waals surface area contributed by atoms with Gasteiger partial charge in [0.15, 0.2) is 11.6 Å². The zero-order chi connectivity index (χ0) is 14.5. The van der Waals surface area contributed by atoms with E-state index >= 15 is 0 Å². The maximum absolute atomic E-state index is 14.1. The predicted molar refractivity (Wildman–Crippen MR) is 78.5 cm³/mol. The van der Waals surface area contributed by atoms with Gasteiger partial charge in [-0.05, 0) is 37.3 Å². The molecule has 1 fully saturated rings. The molecule has 2 rings (SSSR count). The lowest BCUT2D eigenvalue weighted by molar-refractivity contribution is 0.207. The quantitative estimate of drug-likeness (QED) is 0.815. The van der Waals surface area contributed by atoms with Crippen molar-refractivity contribution in [3.63, 3.8) is 0 Å². The molecule has 3 atom stereocenters. The Morgan fingerprint density at radius 1 is 1.25 bits per heavy atom. The van der Waals surface area contributed by atoms with Gasteiger partial charge in [-0.25, -0.2) is 8.78 Å². The number of benzene rings is 1. The molecule has 1 saturated carbocycles. The van der Waals surface area contributed by atoms with Crippen molar-refractivity contribution < 1.29 is 8.78 Å². The molecule has 0 amide bonds. The van der Waals surface area contributed by atoms with Gasteiger partial charge in [-0.1, -0.05) is 45.2 Å². The van der Waals surface area contributed by atoms with Crippen LogP contribution in [-0.4, -0.2) is 6.54 Å². The van der Waals surface area contributed by atoms with E-state index in [2.05, 4.69) is 12.2 Å². The van der Waals surface area contributed by atoms with E-state index in [1.54, 1.807) is 12.1 Å². The van der Waals surface area contributed by atoms with Crippen LogP contribution in [0.25, 0.3) is 0 Å². The van der Waals surface area contributed by atoms with Crippen molar-refractivity contribution in [1.29, 1.82) is 0 Å². The van der Waals surface area contributed by atoms with Crippen LogP contribution in [0.4, 0.5) is 8.78 Å². The standard InChI is InChI=1S/C17H25F2N/c1-3-12-7-5-8-13(11-12)17(20-4-2)14-9-6-10-15(18)16(14)19/h6,9-10,12-13,17,20H,3-5,7-8,11H2,1-2H3. The number of nitrogens with one attached hydrogen (secondary N) is 1. The SMILES string of the molecule is CCNC(c1cccc(F)c1F)C1CCCC(CC)C1. The zero-order valence-electron chi connectivity index (χ0n) is 12.5. The Kier molecular flexibility index (Phi) is 5.53.